The number of hydrogen-bond donors (Lipinski definition) is 0. The largest absolute Gasteiger partial charge is 0.491 e. The van der Waals surface area contributed by atoms with Crippen LogP contribution < -0.4 is 9.64 Å². The maximum absolute atomic E-state index is 12.0. The van der Waals surface area contributed by atoms with Crippen LogP contribution in [0.1, 0.15) is 12.8 Å². The highest BCUT2D eigenvalue weighted by molar-refractivity contribution is 7.98. The van der Waals surface area contributed by atoms with Gasteiger partial charge in [0.05, 0.1) is 18.7 Å². The summed E-state index contributed by atoms with van der Waals surface area (Å²) in [4.78, 5) is 13.9. The molecular formula is C13H17NO2S. The molecule has 0 saturated heterocycles. The van der Waals surface area contributed by atoms with E-state index >= 15 is 0 Å². The number of carbonyl (C=O) groups excluding carboxylic acids is 1. The van der Waals surface area contributed by atoms with E-state index in [1.54, 1.807) is 0 Å². The van der Waals surface area contributed by atoms with Crippen molar-refractivity contribution in [2.24, 2.45) is 0 Å². The Morgan fingerprint density at radius 1 is 1.41 bits per heavy atom. The maximum atomic E-state index is 12.0. The highest BCUT2D eigenvalue weighted by atomic mass is 32.2. The number of nitrogens with zero attached hydrogens (tertiary/aromatic N) is 1. The minimum atomic E-state index is 0.163. The number of hydrogen-bond acceptors (Lipinski definition) is 3. The van der Waals surface area contributed by atoms with Gasteiger partial charge in [-0.15, -0.1) is 0 Å². The lowest BCUT2D eigenvalue weighted by atomic mass is 10.2. The Balaban J connectivity index is 2.18. The van der Waals surface area contributed by atoms with Gasteiger partial charge < -0.3 is 9.64 Å². The molecule has 4 heteroatoms. The van der Waals surface area contributed by atoms with Crippen molar-refractivity contribution in [1.82, 2.24) is 0 Å². The lowest BCUT2D eigenvalue weighted by molar-refractivity contribution is -0.118. The van der Waals surface area contributed by atoms with Crippen LogP contribution in [0, 0.1) is 0 Å². The summed E-state index contributed by atoms with van der Waals surface area (Å²) in [6.45, 7) is 1.26. The number of para-hydroxylation sites is 2. The van der Waals surface area contributed by atoms with Crippen molar-refractivity contribution < 1.29 is 9.53 Å². The van der Waals surface area contributed by atoms with Crippen LogP contribution in [0.5, 0.6) is 5.75 Å². The zero-order chi connectivity index (χ0) is 12.1. The number of fused-ring (bicyclic) bond motifs is 1. The minimum Gasteiger partial charge on any atom is -0.491 e. The van der Waals surface area contributed by atoms with E-state index < -0.39 is 0 Å². The normalized spacial score (nSPS) is 15.1. The summed E-state index contributed by atoms with van der Waals surface area (Å²) >= 11 is 1.81. The summed E-state index contributed by atoms with van der Waals surface area (Å²) in [6.07, 6.45) is 3.57. The molecule has 2 rings (SSSR count). The summed E-state index contributed by atoms with van der Waals surface area (Å²) in [6, 6.07) is 7.77. The van der Waals surface area contributed by atoms with Crippen molar-refractivity contribution in [3.63, 3.8) is 0 Å². The smallest absolute Gasteiger partial charge is 0.230 e. The molecule has 0 unspecified atom stereocenters. The van der Waals surface area contributed by atoms with Crippen LogP contribution in [0.2, 0.25) is 0 Å². The molecule has 1 aliphatic heterocycles. The van der Waals surface area contributed by atoms with Gasteiger partial charge in [0.2, 0.25) is 5.91 Å². The molecule has 0 aliphatic carbocycles. The van der Waals surface area contributed by atoms with Crippen LogP contribution in [0.25, 0.3) is 0 Å². The summed E-state index contributed by atoms with van der Waals surface area (Å²) in [5.41, 5.74) is 0.913. The van der Waals surface area contributed by atoms with Crippen LogP contribution in [0.15, 0.2) is 24.3 Å². The van der Waals surface area contributed by atoms with Gasteiger partial charge in [-0.2, -0.15) is 11.8 Å². The molecule has 0 radical (unpaired) electrons. The zero-order valence-electron chi connectivity index (χ0n) is 10.0. The molecule has 0 bridgehead atoms. The van der Waals surface area contributed by atoms with Gasteiger partial charge in [-0.05, 0) is 30.6 Å². The Kier molecular flexibility index (Phi) is 4.31. The molecule has 0 atom stereocenters. The molecule has 1 amide bonds. The molecule has 0 saturated carbocycles. The topological polar surface area (TPSA) is 29.5 Å². The molecular weight excluding hydrogens is 234 g/mol. The maximum Gasteiger partial charge on any atom is 0.230 e. The molecule has 1 aliphatic rings. The first-order valence-corrected chi connectivity index (χ1v) is 7.23. The van der Waals surface area contributed by atoms with E-state index in [1.165, 1.54) is 0 Å². The van der Waals surface area contributed by atoms with Crippen molar-refractivity contribution >= 4 is 23.4 Å². The standard InChI is InChI=1S/C13H17NO2S/c1-17-10-4-8-14-11-5-2-3-6-12(11)16-9-7-13(14)15/h2-3,5-6H,4,7-10H2,1H3. The lowest BCUT2D eigenvalue weighted by Gasteiger charge is -2.21. The van der Waals surface area contributed by atoms with E-state index in [0.717, 1.165) is 30.2 Å². The number of ether oxygens (including phenoxy) is 1. The van der Waals surface area contributed by atoms with Crippen molar-refractivity contribution in [3.8, 4) is 5.75 Å². The zero-order valence-corrected chi connectivity index (χ0v) is 10.8. The monoisotopic (exact) mass is 251 g/mol. The first-order chi connectivity index (χ1) is 8.33. The van der Waals surface area contributed by atoms with Gasteiger partial charge in [-0.3, -0.25) is 4.79 Å². The van der Waals surface area contributed by atoms with Crippen molar-refractivity contribution in [2.75, 3.05) is 30.1 Å². The summed E-state index contributed by atoms with van der Waals surface area (Å²) in [5, 5.41) is 0. The van der Waals surface area contributed by atoms with E-state index in [9.17, 15) is 4.79 Å². The summed E-state index contributed by atoms with van der Waals surface area (Å²) in [7, 11) is 0. The molecule has 0 spiro atoms. The first-order valence-electron chi connectivity index (χ1n) is 5.84. The Hall–Kier alpha value is -1.16. The second-order valence-electron chi connectivity index (χ2n) is 3.96. The average molecular weight is 251 g/mol. The van der Waals surface area contributed by atoms with E-state index in [4.69, 9.17) is 4.74 Å². The van der Waals surface area contributed by atoms with Crippen LogP contribution in [0.4, 0.5) is 5.69 Å². The number of carbonyl (C=O) groups is 1. The second-order valence-corrected chi connectivity index (χ2v) is 4.94. The number of rotatable bonds is 4. The highest BCUT2D eigenvalue weighted by Crippen LogP contribution is 2.30. The molecule has 0 fully saturated rings. The second kappa shape index (κ2) is 5.96. The molecule has 1 aromatic rings. The molecule has 1 aromatic carbocycles. The summed E-state index contributed by atoms with van der Waals surface area (Å²) in [5.74, 6) is 2.06. The van der Waals surface area contributed by atoms with Crippen LogP contribution in [-0.4, -0.2) is 31.1 Å². The first kappa shape index (κ1) is 12.3. The quantitative estimate of drug-likeness (QED) is 0.770. The van der Waals surface area contributed by atoms with Crippen LogP contribution in [-0.2, 0) is 4.79 Å². The third-order valence-corrected chi connectivity index (χ3v) is 3.46. The Labute approximate surface area is 106 Å². The highest BCUT2D eigenvalue weighted by Gasteiger charge is 2.22. The van der Waals surface area contributed by atoms with Crippen LogP contribution >= 0.6 is 11.8 Å². The Bertz CT molecular complexity index is 395. The Morgan fingerprint density at radius 3 is 3.06 bits per heavy atom. The van der Waals surface area contributed by atoms with Crippen LogP contribution in [0.3, 0.4) is 0 Å². The van der Waals surface area contributed by atoms with Gasteiger partial charge in [0.25, 0.3) is 0 Å². The van der Waals surface area contributed by atoms with E-state index in [-0.39, 0.29) is 5.91 Å². The predicted octanol–water partition coefficient (Wildman–Crippen LogP) is 2.56. The van der Waals surface area contributed by atoms with E-state index in [0.29, 0.717) is 13.0 Å². The van der Waals surface area contributed by atoms with Gasteiger partial charge >= 0.3 is 0 Å². The third-order valence-electron chi connectivity index (χ3n) is 2.76. The Morgan fingerprint density at radius 2 is 2.24 bits per heavy atom. The molecule has 0 N–H and O–H groups in total. The van der Waals surface area contributed by atoms with Gasteiger partial charge in [0.1, 0.15) is 5.75 Å². The van der Waals surface area contributed by atoms with Crippen molar-refractivity contribution in [3.05, 3.63) is 24.3 Å². The van der Waals surface area contributed by atoms with E-state index in [2.05, 4.69) is 6.26 Å². The molecule has 0 aromatic heterocycles. The number of benzene rings is 1. The van der Waals surface area contributed by atoms with Gasteiger partial charge in [-0.1, -0.05) is 12.1 Å². The number of amides is 1. The molecule has 3 nitrogen and oxygen atoms in total. The fraction of sp³-hybridized carbons (Fsp3) is 0.462. The number of thioether (sulfide) groups is 1. The minimum absolute atomic E-state index is 0.163. The SMILES string of the molecule is CSCCCN1C(=O)CCOc2ccccc21. The summed E-state index contributed by atoms with van der Waals surface area (Å²) < 4.78 is 5.59. The molecule has 1 heterocycles. The average Bonchev–Trinajstić information content (AvgIpc) is 2.50. The fourth-order valence-corrected chi connectivity index (χ4v) is 2.35. The lowest BCUT2D eigenvalue weighted by Crippen LogP contribution is -2.31. The fourth-order valence-electron chi connectivity index (χ4n) is 1.93. The van der Waals surface area contributed by atoms with Gasteiger partial charge in [0, 0.05) is 6.54 Å². The van der Waals surface area contributed by atoms with Crippen molar-refractivity contribution in [1.29, 1.82) is 0 Å². The van der Waals surface area contributed by atoms with Gasteiger partial charge in [-0.25, -0.2) is 0 Å². The molecule has 92 valence electrons. The van der Waals surface area contributed by atoms with Crippen molar-refractivity contribution in [2.45, 2.75) is 12.8 Å². The van der Waals surface area contributed by atoms with E-state index in [1.807, 2.05) is 40.9 Å². The third kappa shape index (κ3) is 2.94. The molecule has 17 heavy (non-hydrogen) atoms. The van der Waals surface area contributed by atoms with Gasteiger partial charge in [0.15, 0.2) is 0 Å². The number of anilines is 1. The predicted molar refractivity (Wildman–Crippen MR) is 71.9 cm³/mol.